The standard InChI is InChI=1S/C19H32N4O2S/c1-5-22(6-2)11-12-23-16-10-8-7-9-15(16)18(21-19(23)25)26-13-17(24)20-14(3)4/h14H,5-13H2,1-4H3,(H,20,24). The number of nitrogens with zero attached hydrogens (tertiary/aromatic N) is 3. The highest BCUT2D eigenvalue weighted by atomic mass is 32.2. The highest BCUT2D eigenvalue weighted by Crippen LogP contribution is 2.28. The van der Waals surface area contributed by atoms with Crippen LogP contribution in [0.1, 0.15) is 51.8 Å². The number of amides is 1. The lowest BCUT2D eigenvalue weighted by atomic mass is 9.97. The number of fused-ring (bicyclic) bond motifs is 1. The van der Waals surface area contributed by atoms with Crippen molar-refractivity contribution < 1.29 is 4.79 Å². The SMILES string of the molecule is CCN(CC)CCn1c2c(c(SCC(=O)NC(C)C)nc1=O)CCCC2. The fourth-order valence-electron chi connectivity index (χ4n) is 3.38. The third-order valence-corrected chi connectivity index (χ3v) is 5.79. The summed E-state index contributed by atoms with van der Waals surface area (Å²) in [6.45, 7) is 11.7. The number of hydrogen-bond donors (Lipinski definition) is 1. The van der Waals surface area contributed by atoms with E-state index in [9.17, 15) is 9.59 Å². The summed E-state index contributed by atoms with van der Waals surface area (Å²) in [6, 6.07) is 0.123. The number of thioether (sulfide) groups is 1. The highest BCUT2D eigenvalue weighted by Gasteiger charge is 2.21. The average Bonchev–Trinajstić information content (AvgIpc) is 2.61. The van der Waals surface area contributed by atoms with Gasteiger partial charge >= 0.3 is 5.69 Å². The van der Waals surface area contributed by atoms with Crippen LogP contribution in [0.15, 0.2) is 9.82 Å². The van der Waals surface area contributed by atoms with Gasteiger partial charge in [0, 0.05) is 30.4 Å². The Bertz CT molecular complexity index is 668. The van der Waals surface area contributed by atoms with E-state index < -0.39 is 0 Å². The number of carbonyl (C=O) groups is 1. The molecule has 26 heavy (non-hydrogen) atoms. The van der Waals surface area contributed by atoms with E-state index in [1.807, 2.05) is 18.4 Å². The van der Waals surface area contributed by atoms with Crippen molar-refractivity contribution in [1.29, 1.82) is 0 Å². The smallest absolute Gasteiger partial charge is 0.348 e. The van der Waals surface area contributed by atoms with E-state index in [2.05, 4.69) is 29.0 Å². The highest BCUT2D eigenvalue weighted by molar-refractivity contribution is 7.99. The maximum Gasteiger partial charge on any atom is 0.348 e. The van der Waals surface area contributed by atoms with E-state index in [1.165, 1.54) is 17.3 Å². The minimum Gasteiger partial charge on any atom is -0.353 e. The van der Waals surface area contributed by atoms with Crippen LogP contribution in [0.25, 0.3) is 0 Å². The molecule has 1 aliphatic carbocycles. The fourth-order valence-corrected chi connectivity index (χ4v) is 4.26. The van der Waals surface area contributed by atoms with Crippen molar-refractivity contribution in [2.24, 2.45) is 0 Å². The number of aromatic nitrogens is 2. The van der Waals surface area contributed by atoms with Gasteiger partial charge in [-0.15, -0.1) is 0 Å². The van der Waals surface area contributed by atoms with E-state index in [0.717, 1.165) is 56.0 Å². The molecule has 0 radical (unpaired) electrons. The third kappa shape index (κ3) is 5.58. The summed E-state index contributed by atoms with van der Waals surface area (Å²) in [5, 5.41) is 3.64. The Hall–Kier alpha value is -1.34. The molecule has 0 bridgehead atoms. The zero-order valence-corrected chi connectivity index (χ0v) is 17.3. The first kappa shape index (κ1) is 21.0. The van der Waals surface area contributed by atoms with Gasteiger partial charge < -0.3 is 10.2 Å². The second-order valence-corrected chi connectivity index (χ2v) is 7.99. The molecule has 0 unspecified atom stereocenters. The molecular formula is C19H32N4O2S. The van der Waals surface area contributed by atoms with Crippen LogP contribution in [0, 0.1) is 0 Å². The molecule has 0 spiro atoms. The lowest BCUT2D eigenvalue weighted by Gasteiger charge is -2.24. The molecular weight excluding hydrogens is 348 g/mol. The molecule has 0 aliphatic heterocycles. The van der Waals surface area contributed by atoms with Gasteiger partial charge in [0.2, 0.25) is 5.91 Å². The first-order chi connectivity index (χ1) is 12.5. The molecule has 0 fully saturated rings. The number of rotatable bonds is 9. The van der Waals surface area contributed by atoms with Gasteiger partial charge in [-0.05, 0) is 52.6 Å². The van der Waals surface area contributed by atoms with Crippen molar-refractivity contribution in [3.05, 3.63) is 21.7 Å². The number of carbonyl (C=O) groups excluding carboxylic acids is 1. The molecule has 2 rings (SSSR count). The predicted molar refractivity (Wildman–Crippen MR) is 107 cm³/mol. The van der Waals surface area contributed by atoms with Crippen molar-refractivity contribution in [3.63, 3.8) is 0 Å². The monoisotopic (exact) mass is 380 g/mol. The molecule has 1 heterocycles. The quantitative estimate of drug-likeness (QED) is 0.525. The maximum atomic E-state index is 12.6. The van der Waals surface area contributed by atoms with E-state index in [0.29, 0.717) is 12.3 Å². The van der Waals surface area contributed by atoms with E-state index >= 15 is 0 Å². The van der Waals surface area contributed by atoms with Crippen LogP contribution in [-0.2, 0) is 24.2 Å². The van der Waals surface area contributed by atoms with Crippen LogP contribution >= 0.6 is 11.8 Å². The lowest BCUT2D eigenvalue weighted by molar-refractivity contribution is -0.119. The molecule has 0 saturated carbocycles. The van der Waals surface area contributed by atoms with Crippen LogP contribution < -0.4 is 11.0 Å². The topological polar surface area (TPSA) is 67.2 Å². The first-order valence-corrected chi connectivity index (χ1v) is 10.7. The first-order valence-electron chi connectivity index (χ1n) is 9.73. The Kier molecular flexibility index (Phi) is 8.15. The molecule has 1 aliphatic rings. The molecule has 1 aromatic heterocycles. The Morgan fingerprint density at radius 3 is 2.62 bits per heavy atom. The van der Waals surface area contributed by atoms with Gasteiger partial charge in [0.05, 0.1) is 5.75 Å². The second-order valence-electron chi connectivity index (χ2n) is 7.02. The Morgan fingerprint density at radius 1 is 1.27 bits per heavy atom. The van der Waals surface area contributed by atoms with Gasteiger partial charge in [0.1, 0.15) is 5.03 Å². The van der Waals surface area contributed by atoms with E-state index in [1.54, 1.807) is 0 Å². The van der Waals surface area contributed by atoms with Gasteiger partial charge in [-0.3, -0.25) is 9.36 Å². The summed E-state index contributed by atoms with van der Waals surface area (Å²) in [7, 11) is 0. The van der Waals surface area contributed by atoms with E-state index in [-0.39, 0.29) is 17.6 Å². The van der Waals surface area contributed by atoms with Gasteiger partial charge in [-0.25, -0.2) is 4.79 Å². The Morgan fingerprint density at radius 2 is 1.96 bits per heavy atom. The summed E-state index contributed by atoms with van der Waals surface area (Å²) in [5.74, 6) is 0.294. The number of hydrogen-bond acceptors (Lipinski definition) is 5. The van der Waals surface area contributed by atoms with Crippen LogP contribution in [-0.4, -0.2) is 51.8 Å². The predicted octanol–water partition coefficient (Wildman–Crippen LogP) is 2.08. The van der Waals surface area contributed by atoms with Crippen LogP contribution in [0.5, 0.6) is 0 Å². The minimum atomic E-state index is -0.176. The largest absolute Gasteiger partial charge is 0.353 e. The second kappa shape index (κ2) is 10.1. The average molecular weight is 381 g/mol. The summed E-state index contributed by atoms with van der Waals surface area (Å²) >= 11 is 1.39. The Labute approximate surface area is 160 Å². The lowest BCUT2D eigenvalue weighted by Crippen LogP contribution is -2.35. The summed E-state index contributed by atoms with van der Waals surface area (Å²) in [4.78, 5) is 31.2. The number of likely N-dealkylation sites (N-methyl/N-ethyl adjacent to an activating group) is 1. The molecule has 0 atom stereocenters. The van der Waals surface area contributed by atoms with Gasteiger partial charge in [0.25, 0.3) is 0 Å². The molecule has 1 N–H and O–H groups in total. The van der Waals surface area contributed by atoms with Crippen molar-refractivity contribution in [2.45, 2.75) is 71.0 Å². The van der Waals surface area contributed by atoms with Crippen molar-refractivity contribution in [3.8, 4) is 0 Å². The summed E-state index contributed by atoms with van der Waals surface area (Å²) in [5.41, 5.74) is 2.14. The molecule has 7 heteroatoms. The third-order valence-electron chi connectivity index (χ3n) is 4.77. The molecule has 0 saturated heterocycles. The van der Waals surface area contributed by atoms with Crippen molar-refractivity contribution in [1.82, 2.24) is 19.8 Å². The van der Waals surface area contributed by atoms with Crippen molar-refractivity contribution >= 4 is 17.7 Å². The summed E-state index contributed by atoms with van der Waals surface area (Å²) in [6.07, 6.45) is 4.10. The molecule has 6 nitrogen and oxygen atoms in total. The van der Waals surface area contributed by atoms with Crippen molar-refractivity contribution in [2.75, 3.05) is 25.4 Å². The van der Waals surface area contributed by atoms with E-state index in [4.69, 9.17) is 0 Å². The molecule has 146 valence electrons. The van der Waals surface area contributed by atoms with Crippen LogP contribution in [0.3, 0.4) is 0 Å². The maximum absolute atomic E-state index is 12.6. The normalized spacial score (nSPS) is 13.9. The van der Waals surface area contributed by atoms with Gasteiger partial charge in [-0.2, -0.15) is 4.98 Å². The molecule has 1 amide bonds. The van der Waals surface area contributed by atoms with Crippen LogP contribution in [0.2, 0.25) is 0 Å². The van der Waals surface area contributed by atoms with Crippen LogP contribution in [0.4, 0.5) is 0 Å². The Balaban J connectivity index is 2.20. The zero-order valence-electron chi connectivity index (χ0n) is 16.5. The molecule has 0 aromatic carbocycles. The van der Waals surface area contributed by atoms with Gasteiger partial charge in [0.15, 0.2) is 0 Å². The zero-order chi connectivity index (χ0) is 19.1. The fraction of sp³-hybridized carbons (Fsp3) is 0.737. The van der Waals surface area contributed by atoms with Gasteiger partial charge in [-0.1, -0.05) is 25.6 Å². The summed E-state index contributed by atoms with van der Waals surface area (Å²) < 4.78 is 1.87. The minimum absolute atomic E-state index is 0.0120. The number of nitrogens with one attached hydrogen (secondary N) is 1. The molecule has 1 aromatic rings.